The molecule has 4 N–H and O–H groups in total. The highest BCUT2D eigenvalue weighted by molar-refractivity contribution is 6.00. The Bertz CT molecular complexity index is 1460. The molecule has 3 atom stereocenters. The number of aliphatic hydroxyl groups is 1. The van der Waals surface area contributed by atoms with Gasteiger partial charge in [0, 0.05) is 43.4 Å². The SMILES string of the molecule is CCCN(CCC)C(=O)c1cc(C)cc(C(=O)N[C@@H](Cc2cc(F)cc(F)c2)[C@H](O)CN[C@H](C(=O)NCC(C)C)c2ccccc2)c1. The van der Waals surface area contributed by atoms with Crippen LogP contribution in [0, 0.1) is 24.5 Å². The van der Waals surface area contributed by atoms with Gasteiger partial charge in [-0.15, -0.1) is 0 Å². The first-order valence-electron chi connectivity index (χ1n) is 16.3. The lowest BCUT2D eigenvalue weighted by Gasteiger charge is -2.27. The molecule has 10 heteroatoms. The van der Waals surface area contributed by atoms with E-state index >= 15 is 0 Å². The van der Waals surface area contributed by atoms with Crippen LogP contribution in [0.3, 0.4) is 0 Å². The number of benzene rings is 3. The first-order valence-corrected chi connectivity index (χ1v) is 16.3. The molecule has 8 nitrogen and oxygen atoms in total. The second kappa shape index (κ2) is 18.3. The molecular formula is C37H48F2N4O4. The lowest BCUT2D eigenvalue weighted by atomic mass is 9.98. The highest BCUT2D eigenvalue weighted by Gasteiger charge is 2.27. The fourth-order valence-corrected chi connectivity index (χ4v) is 5.39. The molecule has 0 aliphatic carbocycles. The summed E-state index contributed by atoms with van der Waals surface area (Å²) in [4.78, 5) is 41.9. The number of halogens is 2. The van der Waals surface area contributed by atoms with Gasteiger partial charge in [0.25, 0.3) is 11.8 Å². The van der Waals surface area contributed by atoms with Crippen molar-refractivity contribution in [3.8, 4) is 0 Å². The quantitative estimate of drug-likeness (QED) is 0.158. The Labute approximate surface area is 276 Å². The summed E-state index contributed by atoms with van der Waals surface area (Å²) in [5.74, 6) is -2.35. The summed E-state index contributed by atoms with van der Waals surface area (Å²) in [6.45, 7) is 11.3. The van der Waals surface area contributed by atoms with E-state index in [0.29, 0.717) is 36.3 Å². The van der Waals surface area contributed by atoms with E-state index in [0.717, 1.165) is 31.0 Å². The van der Waals surface area contributed by atoms with Crippen LogP contribution in [0.4, 0.5) is 8.78 Å². The van der Waals surface area contributed by atoms with Gasteiger partial charge in [0.15, 0.2) is 0 Å². The summed E-state index contributed by atoms with van der Waals surface area (Å²) in [6, 6.07) is 15.2. The Morgan fingerprint density at radius 3 is 2.06 bits per heavy atom. The Balaban J connectivity index is 1.88. The minimum atomic E-state index is -1.27. The van der Waals surface area contributed by atoms with E-state index < -0.39 is 35.7 Å². The van der Waals surface area contributed by atoms with Crippen LogP contribution in [0.2, 0.25) is 0 Å². The molecule has 47 heavy (non-hydrogen) atoms. The van der Waals surface area contributed by atoms with E-state index in [9.17, 15) is 28.3 Å². The molecule has 0 heterocycles. The highest BCUT2D eigenvalue weighted by atomic mass is 19.1. The molecule has 254 valence electrons. The van der Waals surface area contributed by atoms with Gasteiger partial charge in [-0.3, -0.25) is 19.7 Å². The summed E-state index contributed by atoms with van der Waals surface area (Å²) in [5.41, 5.74) is 2.22. The number of amides is 3. The van der Waals surface area contributed by atoms with Crippen molar-refractivity contribution in [2.45, 2.75) is 72.1 Å². The average molecular weight is 651 g/mol. The number of rotatable bonds is 17. The molecule has 0 saturated heterocycles. The molecule has 0 spiro atoms. The third kappa shape index (κ3) is 11.6. The Kier molecular flexibility index (Phi) is 14.5. The van der Waals surface area contributed by atoms with Crippen LogP contribution in [0.25, 0.3) is 0 Å². The van der Waals surface area contributed by atoms with Gasteiger partial charge in [-0.1, -0.05) is 58.0 Å². The maximum atomic E-state index is 14.1. The van der Waals surface area contributed by atoms with Crippen molar-refractivity contribution >= 4 is 17.7 Å². The van der Waals surface area contributed by atoms with Crippen LogP contribution < -0.4 is 16.0 Å². The maximum absolute atomic E-state index is 14.1. The van der Waals surface area contributed by atoms with E-state index in [1.54, 1.807) is 36.1 Å². The second-order valence-corrected chi connectivity index (χ2v) is 12.4. The van der Waals surface area contributed by atoms with E-state index in [4.69, 9.17) is 0 Å². The maximum Gasteiger partial charge on any atom is 0.253 e. The van der Waals surface area contributed by atoms with Gasteiger partial charge >= 0.3 is 0 Å². The Hall–Kier alpha value is -4.15. The Morgan fingerprint density at radius 2 is 1.47 bits per heavy atom. The van der Waals surface area contributed by atoms with Crippen LogP contribution in [0.15, 0.2) is 66.7 Å². The number of hydrogen-bond acceptors (Lipinski definition) is 5. The largest absolute Gasteiger partial charge is 0.390 e. The van der Waals surface area contributed by atoms with E-state index in [-0.39, 0.29) is 41.8 Å². The fraction of sp³-hybridized carbons (Fsp3) is 0.432. The van der Waals surface area contributed by atoms with Crippen molar-refractivity contribution in [3.63, 3.8) is 0 Å². The topological polar surface area (TPSA) is 111 Å². The summed E-state index contributed by atoms with van der Waals surface area (Å²) in [5, 5.41) is 20.3. The van der Waals surface area contributed by atoms with Gasteiger partial charge in [0.2, 0.25) is 5.91 Å². The zero-order valence-electron chi connectivity index (χ0n) is 28.0. The molecule has 0 saturated carbocycles. The minimum Gasteiger partial charge on any atom is -0.390 e. The lowest BCUT2D eigenvalue weighted by Crippen LogP contribution is -2.50. The molecule has 0 radical (unpaired) electrons. The molecule has 3 aromatic carbocycles. The van der Waals surface area contributed by atoms with Crippen molar-refractivity contribution in [2.75, 3.05) is 26.2 Å². The third-order valence-electron chi connectivity index (χ3n) is 7.63. The molecule has 0 bridgehead atoms. The molecule has 0 aliphatic heterocycles. The number of aliphatic hydroxyl groups excluding tert-OH is 1. The van der Waals surface area contributed by atoms with Gasteiger partial charge < -0.3 is 20.6 Å². The van der Waals surface area contributed by atoms with Crippen LogP contribution in [-0.2, 0) is 11.2 Å². The monoisotopic (exact) mass is 650 g/mol. The second-order valence-electron chi connectivity index (χ2n) is 12.4. The Morgan fingerprint density at radius 1 is 0.851 bits per heavy atom. The molecule has 3 rings (SSSR count). The number of aryl methyl sites for hydroxylation is 1. The first-order chi connectivity index (χ1) is 22.4. The van der Waals surface area contributed by atoms with Crippen molar-refractivity contribution in [1.29, 1.82) is 0 Å². The van der Waals surface area contributed by atoms with E-state index in [2.05, 4.69) is 16.0 Å². The average Bonchev–Trinajstić information content (AvgIpc) is 3.02. The smallest absolute Gasteiger partial charge is 0.253 e. The van der Waals surface area contributed by atoms with Gasteiger partial charge in [-0.05, 0) is 79.1 Å². The number of nitrogens with zero attached hydrogens (tertiary/aromatic N) is 1. The highest BCUT2D eigenvalue weighted by Crippen LogP contribution is 2.18. The lowest BCUT2D eigenvalue weighted by molar-refractivity contribution is -0.123. The predicted octanol–water partition coefficient (Wildman–Crippen LogP) is 5.34. The van der Waals surface area contributed by atoms with Crippen molar-refractivity contribution in [2.24, 2.45) is 5.92 Å². The van der Waals surface area contributed by atoms with E-state index in [1.807, 2.05) is 45.9 Å². The molecule has 0 fully saturated rings. The zero-order chi connectivity index (χ0) is 34.5. The van der Waals surface area contributed by atoms with Crippen LogP contribution in [0.5, 0.6) is 0 Å². The molecule has 0 aromatic heterocycles. The minimum absolute atomic E-state index is 0.100. The summed E-state index contributed by atoms with van der Waals surface area (Å²) in [7, 11) is 0. The van der Waals surface area contributed by atoms with Gasteiger partial charge in [-0.2, -0.15) is 0 Å². The van der Waals surface area contributed by atoms with Gasteiger partial charge in [0.1, 0.15) is 17.7 Å². The summed E-state index contributed by atoms with van der Waals surface area (Å²) in [6.07, 6.45) is 0.217. The van der Waals surface area contributed by atoms with E-state index in [1.165, 1.54) is 6.07 Å². The van der Waals surface area contributed by atoms with Crippen molar-refractivity contribution < 1.29 is 28.3 Å². The molecule has 3 aromatic rings. The number of carbonyl (C=O) groups is 3. The number of nitrogens with one attached hydrogen (secondary N) is 3. The standard InChI is InChI=1S/C37H48F2N4O4/c1-6-13-43(14-7-2)37(47)29-16-25(5)15-28(20-29)35(45)42-32(19-26-17-30(38)21-31(39)18-26)33(44)23-40-34(27-11-9-8-10-12-27)36(46)41-22-24(3)4/h8-12,15-18,20-21,24,32-34,40,44H,6-7,13-14,19,22-23H2,1-5H3,(H,41,46)(H,42,45)/t32-,33+,34-/m0/s1. The molecular weight excluding hydrogens is 602 g/mol. The molecule has 3 amide bonds. The fourth-order valence-electron chi connectivity index (χ4n) is 5.39. The van der Waals surface area contributed by atoms with Gasteiger partial charge in [0.05, 0.1) is 12.1 Å². The zero-order valence-corrected chi connectivity index (χ0v) is 28.0. The third-order valence-corrected chi connectivity index (χ3v) is 7.63. The van der Waals surface area contributed by atoms with Gasteiger partial charge in [-0.25, -0.2) is 8.78 Å². The first kappa shape index (κ1) is 37.3. The normalized spacial score (nSPS) is 13.1. The molecule has 0 unspecified atom stereocenters. The van der Waals surface area contributed by atoms with Crippen LogP contribution >= 0.6 is 0 Å². The predicted molar refractivity (Wildman–Crippen MR) is 180 cm³/mol. The van der Waals surface area contributed by atoms with Crippen LogP contribution in [-0.4, -0.2) is 66.1 Å². The van der Waals surface area contributed by atoms with Crippen molar-refractivity contribution in [3.05, 3.63) is 106 Å². The number of hydrogen-bond donors (Lipinski definition) is 4. The van der Waals surface area contributed by atoms with Crippen molar-refractivity contribution in [1.82, 2.24) is 20.9 Å². The molecule has 0 aliphatic rings. The van der Waals surface area contributed by atoms with Crippen LogP contribution in [0.1, 0.15) is 84.0 Å². The summed E-state index contributed by atoms with van der Waals surface area (Å²) >= 11 is 0. The number of carbonyl (C=O) groups excluding carboxylic acids is 3. The summed E-state index contributed by atoms with van der Waals surface area (Å²) < 4.78 is 28.2.